The molecule has 0 unspecified atom stereocenters. The lowest BCUT2D eigenvalue weighted by atomic mass is 10.2. The highest BCUT2D eigenvalue weighted by molar-refractivity contribution is 5.48. The van der Waals surface area contributed by atoms with Crippen LogP contribution in [-0.4, -0.2) is 25.3 Å². The molecule has 0 aromatic heterocycles. The minimum absolute atomic E-state index is 0.284. The van der Waals surface area contributed by atoms with Gasteiger partial charge >= 0.3 is 0 Å². The van der Waals surface area contributed by atoms with Gasteiger partial charge < -0.3 is 20.5 Å². The van der Waals surface area contributed by atoms with Gasteiger partial charge in [0.25, 0.3) is 0 Å². The molecule has 0 bridgehead atoms. The molecule has 2 rings (SSSR count). The second kappa shape index (κ2) is 6.70. The van der Waals surface area contributed by atoms with Gasteiger partial charge in [-0.2, -0.15) is 0 Å². The minimum atomic E-state index is 0.284. The van der Waals surface area contributed by atoms with E-state index in [-0.39, 0.29) is 5.75 Å². The maximum atomic E-state index is 9.25. The van der Waals surface area contributed by atoms with E-state index in [2.05, 4.69) is 4.90 Å². The average molecular weight is 272 g/mol. The molecule has 2 aromatic rings. The number of anilines is 2. The summed E-state index contributed by atoms with van der Waals surface area (Å²) in [7, 11) is 2.02. The summed E-state index contributed by atoms with van der Waals surface area (Å²) in [6, 6.07) is 14.6. The SMILES string of the molecule is CN(CCCOc1cccc(N)c1)c1ccc(O)cc1. The fourth-order valence-corrected chi connectivity index (χ4v) is 1.93. The van der Waals surface area contributed by atoms with Gasteiger partial charge in [-0.05, 0) is 42.8 Å². The summed E-state index contributed by atoms with van der Waals surface area (Å²) in [4.78, 5) is 2.13. The van der Waals surface area contributed by atoms with Crippen molar-refractivity contribution in [2.24, 2.45) is 0 Å². The van der Waals surface area contributed by atoms with Crippen LogP contribution in [0.2, 0.25) is 0 Å². The Hall–Kier alpha value is -2.36. The largest absolute Gasteiger partial charge is 0.508 e. The van der Waals surface area contributed by atoms with Gasteiger partial charge in [-0.3, -0.25) is 0 Å². The van der Waals surface area contributed by atoms with Crippen molar-refractivity contribution in [2.45, 2.75) is 6.42 Å². The van der Waals surface area contributed by atoms with E-state index in [1.54, 1.807) is 12.1 Å². The van der Waals surface area contributed by atoms with Crippen molar-refractivity contribution in [3.8, 4) is 11.5 Å². The highest BCUT2D eigenvalue weighted by Gasteiger charge is 2.01. The fraction of sp³-hybridized carbons (Fsp3) is 0.250. The third kappa shape index (κ3) is 4.09. The predicted molar refractivity (Wildman–Crippen MR) is 82.3 cm³/mol. The minimum Gasteiger partial charge on any atom is -0.508 e. The van der Waals surface area contributed by atoms with Gasteiger partial charge in [0, 0.05) is 31.0 Å². The first kappa shape index (κ1) is 14.1. The van der Waals surface area contributed by atoms with Crippen molar-refractivity contribution < 1.29 is 9.84 Å². The molecule has 4 nitrogen and oxygen atoms in total. The van der Waals surface area contributed by atoms with Crippen LogP contribution in [0.5, 0.6) is 11.5 Å². The molecule has 106 valence electrons. The third-order valence-corrected chi connectivity index (χ3v) is 3.06. The number of hydrogen-bond acceptors (Lipinski definition) is 4. The van der Waals surface area contributed by atoms with Crippen molar-refractivity contribution in [3.63, 3.8) is 0 Å². The van der Waals surface area contributed by atoms with Gasteiger partial charge in [0.2, 0.25) is 0 Å². The van der Waals surface area contributed by atoms with Crippen molar-refractivity contribution >= 4 is 11.4 Å². The number of nitrogens with two attached hydrogens (primary N) is 1. The molecule has 3 N–H and O–H groups in total. The zero-order chi connectivity index (χ0) is 14.4. The number of nitrogens with zero attached hydrogens (tertiary/aromatic N) is 1. The van der Waals surface area contributed by atoms with E-state index in [1.807, 2.05) is 43.4 Å². The molecule has 0 saturated carbocycles. The van der Waals surface area contributed by atoms with Crippen LogP contribution >= 0.6 is 0 Å². The smallest absolute Gasteiger partial charge is 0.121 e. The number of rotatable bonds is 6. The Morgan fingerprint density at radius 3 is 2.60 bits per heavy atom. The van der Waals surface area contributed by atoms with Gasteiger partial charge in [0.05, 0.1) is 6.61 Å². The van der Waals surface area contributed by atoms with Crippen molar-refractivity contribution in [3.05, 3.63) is 48.5 Å². The third-order valence-electron chi connectivity index (χ3n) is 3.06. The van der Waals surface area contributed by atoms with E-state index in [0.29, 0.717) is 12.3 Å². The topological polar surface area (TPSA) is 58.7 Å². The highest BCUT2D eigenvalue weighted by atomic mass is 16.5. The molecule has 0 aliphatic rings. The second-order valence-electron chi connectivity index (χ2n) is 4.71. The van der Waals surface area contributed by atoms with E-state index in [4.69, 9.17) is 10.5 Å². The Bertz CT molecular complexity index is 540. The average Bonchev–Trinajstić information content (AvgIpc) is 2.44. The molecule has 0 saturated heterocycles. The molecule has 0 heterocycles. The van der Waals surface area contributed by atoms with E-state index < -0.39 is 0 Å². The summed E-state index contributed by atoms with van der Waals surface area (Å²) >= 11 is 0. The monoisotopic (exact) mass is 272 g/mol. The molecule has 0 fully saturated rings. The Balaban J connectivity index is 1.74. The van der Waals surface area contributed by atoms with Crippen LogP contribution in [0, 0.1) is 0 Å². The van der Waals surface area contributed by atoms with Gasteiger partial charge in [0.15, 0.2) is 0 Å². The Kier molecular flexibility index (Phi) is 4.71. The standard InChI is InChI=1S/C16H20N2O2/c1-18(14-6-8-15(19)9-7-14)10-3-11-20-16-5-2-4-13(17)12-16/h2,4-9,12,19H,3,10-11,17H2,1H3. The number of nitrogen functional groups attached to an aromatic ring is 1. The lowest BCUT2D eigenvalue weighted by Gasteiger charge is -2.19. The van der Waals surface area contributed by atoms with Crippen LogP contribution in [0.15, 0.2) is 48.5 Å². The van der Waals surface area contributed by atoms with Gasteiger partial charge in [-0.25, -0.2) is 0 Å². The molecule has 0 spiro atoms. The fourth-order valence-electron chi connectivity index (χ4n) is 1.93. The van der Waals surface area contributed by atoms with E-state index >= 15 is 0 Å². The quantitative estimate of drug-likeness (QED) is 0.627. The first-order chi connectivity index (χ1) is 9.65. The molecule has 4 heteroatoms. The summed E-state index contributed by atoms with van der Waals surface area (Å²) in [5.74, 6) is 1.09. The summed E-state index contributed by atoms with van der Waals surface area (Å²) in [5.41, 5.74) is 7.48. The maximum Gasteiger partial charge on any atom is 0.121 e. The van der Waals surface area contributed by atoms with Gasteiger partial charge in [-0.1, -0.05) is 6.07 Å². The van der Waals surface area contributed by atoms with Crippen LogP contribution in [0.1, 0.15) is 6.42 Å². The number of ether oxygens (including phenoxy) is 1. The Labute approximate surface area is 119 Å². The highest BCUT2D eigenvalue weighted by Crippen LogP contribution is 2.18. The summed E-state index contributed by atoms with van der Waals surface area (Å²) in [5, 5.41) is 9.25. The molecule has 2 aromatic carbocycles. The van der Waals surface area contributed by atoms with Crippen molar-refractivity contribution in [1.82, 2.24) is 0 Å². The molecular formula is C16H20N2O2. The van der Waals surface area contributed by atoms with E-state index in [9.17, 15) is 5.11 Å². The second-order valence-corrected chi connectivity index (χ2v) is 4.71. The molecule has 0 aliphatic heterocycles. The van der Waals surface area contributed by atoms with Crippen LogP contribution < -0.4 is 15.4 Å². The molecule has 20 heavy (non-hydrogen) atoms. The van der Waals surface area contributed by atoms with Crippen molar-refractivity contribution in [1.29, 1.82) is 0 Å². The van der Waals surface area contributed by atoms with Crippen molar-refractivity contribution in [2.75, 3.05) is 30.8 Å². The summed E-state index contributed by atoms with van der Waals surface area (Å²) in [6.07, 6.45) is 0.909. The molecule has 0 amide bonds. The Morgan fingerprint density at radius 1 is 1.15 bits per heavy atom. The van der Waals surface area contributed by atoms with Gasteiger partial charge in [0.1, 0.15) is 11.5 Å². The zero-order valence-corrected chi connectivity index (χ0v) is 11.6. The molecule has 0 atom stereocenters. The van der Waals surface area contributed by atoms with Gasteiger partial charge in [-0.15, -0.1) is 0 Å². The number of aromatic hydroxyl groups is 1. The predicted octanol–water partition coefficient (Wildman–Crippen LogP) is 2.88. The molecular weight excluding hydrogens is 252 g/mol. The van der Waals surface area contributed by atoms with Crippen LogP contribution in [0.4, 0.5) is 11.4 Å². The number of hydrogen-bond donors (Lipinski definition) is 2. The van der Waals surface area contributed by atoms with E-state index in [0.717, 1.165) is 24.4 Å². The molecule has 0 radical (unpaired) electrons. The normalized spacial score (nSPS) is 10.2. The lowest BCUT2D eigenvalue weighted by Crippen LogP contribution is -2.20. The summed E-state index contributed by atoms with van der Waals surface area (Å²) in [6.45, 7) is 1.53. The van der Waals surface area contributed by atoms with E-state index in [1.165, 1.54) is 0 Å². The maximum absolute atomic E-state index is 9.25. The summed E-state index contributed by atoms with van der Waals surface area (Å²) < 4.78 is 5.65. The van der Waals surface area contributed by atoms with Crippen LogP contribution in [0.25, 0.3) is 0 Å². The first-order valence-electron chi connectivity index (χ1n) is 6.63. The van der Waals surface area contributed by atoms with Crippen LogP contribution in [0.3, 0.4) is 0 Å². The molecule has 0 aliphatic carbocycles. The first-order valence-corrected chi connectivity index (χ1v) is 6.63. The number of phenolic OH excluding ortho intramolecular Hbond substituents is 1. The number of benzene rings is 2. The number of phenols is 1. The van der Waals surface area contributed by atoms with Crippen LogP contribution in [-0.2, 0) is 0 Å². The Morgan fingerprint density at radius 2 is 1.90 bits per heavy atom. The zero-order valence-electron chi connectivity index (χ0n) is 11.6. The lowest BCUT2D eigenvalue weighted by molar-refractivity contribution is 0.312.